The van der Waals surface area contributed by atoms with E-state index in [1.165, 1.54) is 19.3 Å². The van der Waals surface area contributed by atoms with Gasteiger partial charge in [-0.1, -0.05) is 36.8 Å². The second kappa shape index (κ2) is 7.29. The molecule has 1 aromatic rings. The predicted octanol–water partition coefficient (Wildman–Crippen LogP) is 2.22. The first-order valence-electron chi connectivity index (χ1n) is 7.34. The van der Waals surface area contributed by atoms with Crippen molar-refractivity contribution in [2.75, 3.05) is 19.6 Å². The molecule has 1 aromatic carbocycles. The highest BCUT2D eigenvalue weighted by Gasteiger charge is 2.19. The number of carbonyl (C=O) groups is 1. The Hall–Kier alpha value is -1.35. The molecular formula is C16H24N2O. The summed E-state index contributed by atoms with van der Waals surface area (Å²) in [5.74, 6) is 0.237. The third kappa shape index (κ3) is 4.35. The van der Waals surface area contributed by atoms with Gasteiger partial charge in [-0.3, -0.25) is 4.79 Å². The molecule has 19 heavy (non-hydrogen) atoms. The van der Waals surface area contributed by atoms with Gasteiger partial charge in [0, 0.05) is 19.1 Å². The van der Waals surface area contributed by atoms with Gasteiger partial charge in [-0.05, 0) is 31.9 Å². The summed E-state index contributed by atoms with van der Waals surface area (Å²) in [4.78, 5) is 14.3. The van der Waals surface area contributed by atoms with Crippen LogP contribution in [0.3, 0.4) is 0 Å². The molecule has 0 saturated carbocycles. The third-order valence-electron chi connectivity index (χ3n) is 3.79. The number of amides is 1. The number of nitrogens with one attached hydrogen (secondary N) is 1. The Morgan fingerprint density at radius 1 is 1.32 bits per heavy atom. The van der Waals surface area contributed by atoms with Gasteiger partial charge in [-0.15, -0.1) is 0 Å². The van der Waals surface area contributed by atoms with Crippen LogP contribution in [-0.2, 0) is 11.2 Å². The fourth-order valence-electron chi connectivity index (χ4n) is 2.64. The minimum absolute atomic E-state index is 0.237. The highest BCUT2D eigenvalue weighted by molar-refractivity contribution is 5.78. The molecule has 1 fully saturated rings. The van der Waals surface area contributed by atoms with Gasteiger partial charge in [0.25, 0.3) is 0 Å². The van der Waals surface area contributed by atoms with Gasteiger partial charge < -0.3 is 10.2 Å². The van der Waals surface area contributed by atoms with Crippen LogP contribution < -0.4 is 5.32 Å². The minimum atomic E-state index is 0.237. The number of rotatable bonds is 5. The molecule has 0 aromatic heterocycles. The Labute approximate surface area is 116 Å². The van der Waals surface area contributed by atoms with Crippen LogP contribution in [-0.4, -0.2) is 36.5 Å². The van der Waals surface area contributed by atoms with Crippen LogP contribution in [0.5, 0.6) is 0 Å². The van der Waals surface area contributed by atoms with Gasteiger partial charge in [0.1, 0.15) is 0 Å². The number of benzene rings is 1. The second-order valence-electron chi connectivity index (χ2n) is 5.24. The van der Waals surface area contributed by atoms with Crippen LogP contribution in [0.25, 0.3) is 0 Å². The van der Waals surface area contributed by atoms with Gasteiger partial charge in [-0.2, -0.15) is 0 Å². The largest absolute Gasteiger partial charge is 0.341 e. The van der Waals surface area contributed by atoms with Gasteiger partial charge in [-0.25, -0.2) is 0 Å². The summed E-state index contributed by atoms with van der Waals surface area (Å²) in [5, 5.41) is 3.51. The predicted molar refractivity (Wildman–Crippen MR) is 78.0 cm³/mol. The lowest BCUT2D eigenvalue weighted by Gasteiger charge is -2.30. The van der Waals surface area contributed by atoms with E-state index in [9.17, 15) is 4.79 Å². The van der Waals surface area contributed by atoms with Crippen LogP contribution in [0.4, 0.5) is 0 Å². The molecular weight excluding hydrogens is 236 g/mol. The smallest absolute Gasteiger partial charge is 0.227 e. The van der Waals surface area contributed by atoms with Crippen LogP contribution in [0.2, 0.25) is 0 Å². The van der Waals surface area contributed by atoms with Crippen LogP contribution in [0.15, 0.2) is 30.3 Å². The first kappa shape index (κ1) is 14.1. The van der Waals surface area contributed by atoms with Crippen LogP contribution >= 0.6 is 0 Å². The van der Waals surface area contributed by atoms with Crippen LogP contribution in [0.1, 0.15) is 31.7 Å². The first-order chi connectivity index (χ1) is 9.29. The van der Waals surface area contributed by atoms with Crippen molar-refractivity contribution in [3.8, 4) is 0 Å². The highest BCUT2D eigenvalue weighted by Crippen LogP contribution is 2.10. The molecule has 1 heterocycles. The molecule has 0 bridgehead atoms. The monoisotopic (exact) mass is 260 g/mol. The maximum Gasteiger partial charge on any atom is 0.227 e. The SMILES string of the molecule is CCN(CC1CCCCN1)C(=O)Cc1ccccc1. The third-order valence-corrected chi connectivity index (χ3v) is 3.79. The Morgan fingerprint density at radius 2 is 2.11 bits per heavy atom. The topological polar surface area (TPSA) is 32.3 Å². The van der Waals surface area contributed by atoms with Gasteiger partial charge >= 0.3 is 0 Å². The second-order valence-corrected chi connectivity index (χ2v) is 5.24. The zero-order chi connectivity index (χ0) is 13.5. The average molecular weight is 260 g/mol. The average Bonchev–Trinajstić information content (AvgIpc) is 2.47. The van der Waals surface area contributed by atoms with Crippen molar-refractivity contribution >= 4 is 5.91 Å². The zero-order valence-electron chi connectivity index (χ0n) is 11.8. The quantitative estimate of drug-likeness (QED) is 0.880. The van der Waals surface area contributed by atoms with E-state index >= 15 is 0 Å². The summed E-state index contributed by atoms with van der Waals surface area (Å²) >= 11 is 0. The molecule has 1 saturated heterocycles. The molecule has 1 amide bonds. The first-order valence-corrected chi connectivity index (χ1v) is 7.34. The normalized spacial score (nSPS) is 19.1. The Balaban J connectivity index is 1.87. The maximum atomic E-state index is 12.3. The fourth-order valence-corrected chi connectivity index (χ4v) is 2.64. The van der Waals surface area contributed by atoms with E-state index < -0.39 is 0 Å². The number of nitrogens with zero attached hydrogens (tertiary/aromatic N) is 1. The van der Waals surface area contributed by atoms with Gasteiger partial charge in [0.2, 0.25) is 5.91 Å². The van der Waals surface area contributed by atoms with Crippen molar-refractivity contribution in [3.63, 3.8) is 0 Å². The van der Waals surface area contributed by atoms with Crippen molar-refractivity contribution in [2.24, 2.45) is 0 Å². The van der Waals surface area contributed by atoms with Gasteiger partial charge in [0.05, 0.1) is 6.42 Å². The van der Waals surface area contributed by atoms with Crippen molar-refractivity contribution in [1.82, 2.24) is 10.2 Å². The van der Waals surface area contributed by atoms with E-state index in [1.54, 1.807) is 0 Å². The molecule has 0 spiro atoms. The molecule has 1 atom stereocenters. The molecule has 104 valence electrons. The molecule has 2 rings (SSSR count). The molecule has 1 unspecified atom stereocenters. The summed E-state index contributed by atoms with van der Waals surface area (Å²) in [5.41, 5.74) is 1.10. The van der Waals surface area contributed by atoms with E-state index in [1.807, 2.05) is 35.2 Å². The van der Waals surface area contributed by atoms with E-state index in [2.05, 4.69) is 12.2 Å². The molecule has 1 N–H and O–H groups in total. The molecule has 0 aliphatic carbocycles. The lowest BCUT2D eigenvalue weighted by Crippen LogP contribution is -2.46. The Morgan fingerprint density at radius 3 is 2.74 bits per heavy atom. The van der Waals surface area contributed by atoms with E-state index in [4.69, 9.17) is 0 Å². The number of piperidine rings is 1. The van der Waals surface area contributed by atoms with Crippen molar-refractivity contribution in [1.29, 1.82) is 0 Å². The van der Waals surface area contributed by atoms with Crippen molar-refractivity contribution in [2.45, 2.75) is 38.6 Å². The summed E-state index contributed by atoms with van der Waals surface area (Å²) in [6, 6.07) is 10.5. The van der Waals surface area contributed by atoms with E-state index in [0.29, 0.717) is 12.5 Å². The summed E-state index contributed by atoms with van der Waals surface area (Å²) in [6.45, 7) is 4.80. The Kier molecular flexibility index (Phi) is 5.40. The number of hydrogen-bond acceptors (Lipinski definition) is 2. The summed E-state index contributed by atoms with van der Waals surface area (Å²) in [6.07, 6.45) is 4.25. The Bertz CT molecular complexity index is 385. The lowest BCUT2D eigenvalue weighted by molar-refractivity contribution is -0.130. The van der Waals surface area contributed by atoms with Gasteiger partial charge in [0.15, 0.2) is 0 Å². The molecule has 0 radical (unpaired) electrons. The van der Waals surface area contributed by atoms with Crippen molar-refractivity contribution in [3.05, 3.63) is 35.9 Å². The van der Waals surface area contributed by atoms with Crippen LogP contribution in [0, 0.1) is 0 Å². The van der Waals surface area contributed by atoms with E-state index in [-0.39, 0.29) is 5.91 Å². The standard InChI is InChI=1S/C16H24N2O/c1-2-18(13-15-10-6-7-11-17-15)16(19)12-14-8-4-3-5-9-14/h3-5,8-9,15,17H,2,6-7,10-13H2,1H3. The maximum absolute atomic E-state index is 12.3. The molecule has 1 aliphatic heterocycles. The minimum Gasteiger partial charge on any atom is -0.341 e. The van der Waals surface area contributed by atoms with E-state index in [0.717, 1.165) is 25.2 Å². The fraction of sp³-hybridized carbons (Fsp3) is 0.562. The molecule has 3 heteroatoms. The lowest BCUT2D eigenvalue weighted by atomic mass is 10.0. The zero-order valence-corrected chi connectivity index (χ0v) is 11.8. The summed E-state index contributed by atoms with van der Waals surface area (Å²) < 4.78 is 0. The molecule has 3 nitrogen and oxygen atoms in total. The number of likely N-dealkylation sites (N-methyl/N-ethyl adjacent to an activating group) is 1. The summed E-state index contributed by atoms with van der Waals surface area (Å²) in [7, 11) is 0. The number of carbonyl (C=O) groups excluding carboxylic acids is 1. The number of hydrogen-bond donors (Lipinski definition) is 1. The highest BCUT2D eigenvalue weighted by atomic mass is 16.2. The molecule has 1 aliphatic rings. The van der Waals surface area contributed by atoms with Crippen molar-refractivity contribution < 1.29 is 4.79 Å².